The molecule has 2 heterocycles. The topological polar surface area (TPSA) is 75.2 Å². The van der Waals surface area contributed by atoms with Crippen LogP contribution in [0.15, 0.2) is 60.9 Å². The van der Waals surface area contributed by atoms with E-state index in [1.165, 1.54) is 11.6 Å². The fourth-order valence-electron chi connectivity index (χ4n) is 4.64. The highest BCUT2D eigenvalue weighted by Crippen LogP contribution is 2.32. The molecule has 2 amide bonds. The third-order valence-corrected chi connectivity index (χ3v) is 6.32. The SMILES string of the molecule is Cc1cccc(Cc2cncc([C@H]3CCCN3C(=O)C(C)(C)NC(=O)Cc3ccccc3F)n2)c1. The van der Waals surface area contributed by atoms with Crippen molar-refractivity contribution < 1.29 is 14.0 Å². The molecule has 182 valence electrons. The van der Waals surface area contributed by atoms with Crippen molar-refractivity contribution in [3.8, 4) is 0 Å². The van der Waals surface area contributed by atoms with Crippen molar-refractivity contribution in [2.75, 3.05) is 6.54 Å². The molecule has 35 heavy (non-hydrogen) atoms. The molecule has 2 aromatic carbocycles. The van der Waals surface area contributed by atoms with Crippen molar-refractivity contribution in [2.24, 2.45) is 0 Å². The van der Waals surface area contributed by atoms with Gasteiger partial charge in [0.25, 0.3) is 0 Å². The van der Waals surface area contributed by atoms with Gasteiger partial charge in [-0.05, 0) is 50.8 Å². The minimum atomic E-state index is -1.14. The predicted molar refractivity (Wildman–Crippen MR) is 132 cm³/mol. The van der Waals surface area contributed by atoms with E-state index in [4.69, 9.17) is 4.98 Å². The van der Waals surface area contributed by atoms with Gasteiger partial charge in [-0.2, -0.15) is 0 Å². The van der Waals surface area contributed by atoms with E-state index in [1.54, 1.807) is 49.3 Å². The number of benzene rings is 2. The molecule has 1 aliphatic rings. The normalized spacial score (nSPS) is 15.8. The van der Waals surface area contributed by atoms with Crippen LogP contribution in [-0.2, 0) is 22.4 Å². The first-order chi connectivity index (χ1) is 16.7. The molecular formula is C28H31FN4O2. The molecule has 0 bridgehead atoms. The fraction of sp³-hybridized carbons (Fsp3) is 0.357. The Kier molecular flexibility index (Phi) is 7.24. The molecule has 0 spiro atoms. The van der Waals surface area contributed by atoms with Crippen LogP contribution in [0.3, 0.4) is 0 Å². The molecule has 1 atom stereocenters. The predicted octanol–water partition coefficient (Wildman–Crippen LogP) is 4.32. The van der Waals surface area contributed by atoms with Crippen molar-refractivity contribution in [3.63, 3.8) is 0 Å². The van der Waals surface area contributed by atoms with Gasteiger partial charge < -0.3 is 10.2 Å². The van der Waals surface area contributed by atoms with E-state index in [9.17, 15) is 14.0 Å². The second kappa shape index (κ2) is 10.3. The van der Waals surface area contributed by atoms with E-state index >= 15 is 0 Å². The number of carbonyl (C=O) groups excluding carboxylic acids is 2. The van der Waals surface area contributed by atoms with Gasteiger partial charge in [-0.15, -0.1) is 0 Å². The van der Waals surface area contributed by atoms with Gasteiger partial charge in [0.15, 0.2) is 0 Å². The number of carbonyl (C=O) groups is 2. The summed E-state index contributed by atoms with van der Waals surface area (Å²) >= 11 is 0. The Labute approximate surface area is 205 Å². The van der Waals surface area contributed by atoms with Gasteiger partial charge >= 0.3 is 0 Å². The van der Waals surface area contributed by atoms with E-state index in [0.717, 1.165) is 29.8 Å². The maximum absolute atomic E-state index is 13.9. The average molecular weight is 475 g/mol. The van der Waals surface area contributed by atoms with Gasteiger partial charge in [-0.25, -0.2) is 4.39 Å². The first kappa shape index (κ1) is 24.5. The van der Waals surface area contributed by atoms with Crippen molar-refractivity contribution in [3.05, 3.63) is 94.8 Å². The van der Waals surface area contributed by atoms with Crippen LogP contribution in [0.5, 0.6) is 0 Å². The van der Waals surface area contributed by atoms with E-state index in [-0.39, 0.29) is 18.4 Å². The zero-order valence-corrected chi connectivity index (χ0v) is 20.4. The van der Waals surface area contributed by atoms with Gasteiger partial charge in [0.1, 0.15) is 11.4 Å². The number of hydrogen-bond donors (Lipinski definition) is 1. The molecule has 1 fully saturated rings. The number of likely N-dealkylation sites (tertiary alicyclic amines) is 1. The fourth-order valence-corrected chi connectivity index (χ4v) is 4.64. The summed E-state index contributed by atoms with van der Waals surface area (Å²) < 4.78 is 13.9. The summed E-state index contributed by atoms with van der Waals surface area (Å²) in [5.41, 5.74) is 3.12. The van der Waals surface area contributed by atoms with Gasteiger partial charge in [-0.3, -0.25) is 19.6 Å². The highest BCUT2D eigenvalue weighted by Gasteiger charge is 2.40. The Morgan fingerprint density at radius 3 is 2.71 bits per heavy atom. The molecule has 1 aliphatic heterocycles. The summed E-state index contributed by atoms with van der Waals surface area (Å²) in [6.45, 7) is 6.01. The number of nitrogens with zero attached hydrogens (tertiary/aromatic N) is 3. The molecule has 6 nitrogen and oxygen atoms in total. The van der Waals surface area contributed by atoms with E-state index in [2.05, 4.69) is 35.4 Å². The zero-order chi connectivity index (χ0) is 25.0. The van der Waals surface area contributed by atoms with Crippen LogP contribution in [-0.4, -0.2) is 38.8 Å². The van der Waals surface area contributed by atoms with Gasteiger partial charge in [0.05, 0.1) is 30.0 Å². The third kappa shape index (κ3) is 5.91. The number of rotatable bonds is 7. The van der Waals surface area contributed by atoms with Crippen molar-refractivity contribution in [1.82, 2.24) is 20.2 Å². The van der Waals surface area contributed by atoms with E-state index in [0.29, 0.717) is 18.5 Å². The third-order valence-electron chi connectivity index (χ3n) is 6.32. The molecule has 0 radical (unpaired) electrons. The molecule has 0 unspecified atom stereocenters. The lowest BCUT2D eigenvalue weighted by Gasteiger charge is -2.33. The first-order valence-electron chi connectivity index (χ1n) is 11.9. The Hall–Kier alpha value is -3.61. The molecule has 4 rings (SSSR count). The van der Waals surface area contributed by atoms with E-state index in [1.807, 2.05) is 6.07 Å². The maximum atomic E-state index is 13.9. The van der Waals surface area contributed by atoms with Gasteiger partial charge in [0, 0.05) is 19.2 Å². The van der Waals surface area contributed by atoms with E-state index < -0.39 is 17.3 Å². The number of aromatic nitrogens is 2. The van der Waals surface area contributed by atoms with Crippen LogP contribution < -0.4 is 5.32 Å². The lowest BCUT2D eigenvalue weighted by atomic mass is 10.0. The summed E-state index contributed by atoms with van der Waals surface area (Å²) in [7, 11) is 0. The van der Waals surface area contributed by atoms with Crippen molar-refractivity contribution in [2.45, 2.75) is 58.0 Å². The zero-order valence-electron chi connectivity index (χ0n) is 20.4. The maximum Gasteiger partial charge on any atom is 0.248 e. The number of nitrogens with one attached hydrogen (secondary N) is 1. The molecule has 0 aliphatic carbocycles. The quantitative estimate of drug-likeness (QED) is 0.554. The minimum absolute atomic E-state index is 0.126. The van der Waals surface area contributed by atoms with Crippen molar-refractivity contribution in [1.29, 1.82) is 0 Å². The summed E-state index contributed by atoms with van der Waals surface area (Å²) in [6.07, 6.45) is 5.66. The van der Waals surface area contributed by atoms with Crippen LogP contribution in [0.1, 0.15) is 60.8 Å². The molecule has 7 heteroatoms. The molecule has 3 aromatic rings. The highest BCUT2D eigenvalue weighted by molar-refractivity contribution is 5.91. The van der Waals surface area contributed by atoms with Crippen LogP contribution >= 0.6 is 0 Å². The number of amides is 2. The lowest BCUT2D eigenvalue weighted by Crippen LogP contribution is -2.56. The van der Waals surface area contributed by atoms with Crippen LogP contribution in [0.25, 0.3) is 0 Å². The Bertz CT molecular complexity index is 1230. The largest absolute Gasteiger partial charge is 0.342 e. The lowest BCUT2D eigenvalue weighted by molar-refractivity contribution is -0.141. The molecular weight excluding hydrogens is 443 g/mol. The second-order valence-electron chi connectivity index (χ2n) is 9.70. The molecule has 0 saturated carbocycles. The van der Waals surface area contributed by atoms with Gasteiger partial charge in [0.2, 0.25) is 11.8 Å². The summed E-state index contributed by atoms with van der Waals surface area (Å²) in [5.74, 6) is -1.02. The smallest absolute Gasteiger partial charge is 0.248 e. The Morgan fingerprint density at radius 2 is 1.94 bits per heavy atom. The van der Waals surface area contributed by atoms with Gasteiger partial charge in [-0.1, -0.05) is 48.0 Å². The first-order valence-corrected chi connectivity index (χ1v) is 11.9. The standard InChI is InChI=1S/C28H31FN4O2/c1-19-8-6-9-20(14-19)15-22-17-30-18-24(31-22)25-12-7-13-33(25)27(35)28(2,3)32-26(34)16-21-10-4-5-11-23(21)29/h4-6,8-11,14,17-18,25H,7,12-13,15-16H2,1-3H3,(H,32,34)/t25-/m1/s1. The molecule has 1 aromatic heterocycles. The Morgan fingerprint density at radius 1 is 1.14 bits per heavy atom. The Balaban J connectivity index is 1.46. The number of aryl methyl sites for hydroxylation is 1. The summed E-state index contributed by atoms with van der Waals surface area (Å²) in [6, 6.07) is 14.2. The van der Waals surface area contributed by atoms with Crippen molar-refractivity contribution >= 4 is 11.8 Å². The number of halogens is 1. The highest BCUT2D eigenvalue weighted by atomic mass is 19.1. The molecule has 1 N–H and O–H groups in total. The minimum Gasteiger partial charge on any atom is -0.342 e. The van der Waals surface area contributed by atoms with Crippen LogP contribution in [0, 0.1) is 12.7 Å². The molecule has 1 saturated heterocycles. The summed E-state index contributed by atoms with van der Waals surface area (Å²) in [4.78, 5) is 37.1. The average Bonchev–Trinajstić information content (AvgIpc) is 3.30. The van der Waals surface area contributed by atoms with Crippen LogP contribution in [0.4, 0.5) is 4.39 Å². The number of hydrogen-bond acceptors (Lipinski definition) is 4. The monoisotopic (exact) mass is 474 g/mol. The second-order valence-corrected chi connectivity index (χ2v) is 9.70. The summed E-state index contributed by atoms with van der Waals surface area (Å²) in [5, 5.41) is 2.80. The van der Waals surface area contributed by atoms with Crippen LogP contribution in [0.2, 0.25) is 0 Å².